The molecule has 1 amide bonds. The smallest absolute Gasteiger partial charge is 0.272 e. The van der Waals surface area contributed by atoms with E-state index in [9.17, 15) is 14.0 Å². The van der Waals surface area contributed by atoms with E-state index in [1.807, 2.05) is 0 Å². The third kappa shape index (κ3) is 3.39. The van der Waals surface area contributed by atoms with Gasteiger partial charge in [0.05, 0.1) is 10.0 Å². The molecule has 4 rings (SSSR count). The van der Waals surface area contributed by atoms with Crippen molar-refractivity contribution in [3.05, 3.63) is 51.5 Å². The molecule has 7 heteroatoms. The van der Waals surface area contributed by atoms with Crippen LogP contribution in [-0.4, -0.2) is 16.3 Å². The molecule has 2 aromatic rings. The molecule has 2 unspecified atom stereocenters. The van der Waals surface area contributed by atoms with E-state index < -0.39 is 5.82 Å². The van der Waals surface area contributed by atoms with Crippen LogP contribution in [0.4, 0.5) is 10.1 Å². The number of carbonyl (C=O) groups is 2. The Morgan fingerprint density at radius 2 is 1.85 bits per heavy atom. The van der Waals surface area contributed by atoms with E-state index in [1.54, 1.807) is 17.8 Å². The van der Waals surface area contributed by atoms with Gasteiger partial charge in [-0.1, -0.05) is 23.2 Å². The van der Waals surface area contributed by atoms with Crippen molar-refractivity contribution in [2.45, 2.75) is 31.6 Å². The number of nitrogens with zero attached hydrogens (tertiary/aromatic N) is 1. The highest BCUT2D eigenvalue weighted by Gasteiger charge is 2.43. The Morgan fingerprint density at radius 1 is 1.19 bits per heavy atom. The molecular formula is C20H19Cl2FN2O2. The van der Waals surface area contributed by atoms with Crippen LogP contribution in [-0.2, 0) is 11.8 Å². The number of carbonyl (C=O) groups excluding carboxylic acids is 2. The van der Waals surface area contributed by atoms with Crippen molar-refractivity contribution < 1.29 is 14.0 Å². The second-order valence-electron chi connectivity index (χ2n) is 7.57. The number of benzene rings is 1. The first kappa shape index (κ1) is 18.5. The molecule has 0 aliphatic heterocycles. The molecule has 1 heterocycles. The lowest BCUT2D eigenvalue weighted by Gasteiger charge is -2.15. The molecular weight excluding hydrogens is 390 g/mol. The van der Waals surface area contributed by atoms with Crippen LogP contribution in [0.25, 0.3) is 0 Å². The second kappa shape index (κ2) is 6.95. The molecule has 142 valence electrons. The molecule has 1 aromatic heterocycles. The van der Waals surface area contributed by atoms with Crippen molar-refractivity contribution in [1.82, 2.24) is 4.57 Å². The zero-order valence-electron chi connectivity index (χ0n) is 14.8. The maximum absolute atomic E-state index is 13.3. The first-order valence-corrected chi connectivity index (χ1v) is 9.72. The van der Waals surface area contributed by atoms with Crippen molar-refractivity contribution in [3.8, 4) is 0 Å². The zero-order valence-corrected chi connectivity index (χ0v) is 16.3. The van der Waals surface area contributed by atoms with Crippen LogP contribution in [0.3, 0.4) is 0 Å². The number of hydrogen-bond acceptors (Lipinski definition) is 2. The van der Waals surface area contributed by atoms with Gasteiger partial charge in [-0.3, -0.25) is 9.59 Å². The lowest BCUT2D eigenvalue weighted by molar-refractivity contribution is -0.117. The molecule has 2 aliphatic carbocycles. The van der Waals surface area contributed by atoms with Crippen molar-refractivity contribution in [1.29, 1.82) is 0 Å². The van der Waals surface area contributed by atoms with Gasteiger partial charge < -0.3 is 9.88 Å². The highest BCUT2D eigenvalue weighted by molar-refractivity contribution is 6.32. The Morgan fingerprint density at radius 3 is 2.48 bits per heavy atom. The van der Waals surface area contributed by atoms with Gasteiger partial charge in [0.25, 0.3) is 5.91 Å². The molecule has 0 spiro atoms. The monoisotopic (exact) mass is 408 g/mol. The number of fused-ring (bicyclic) bond motifs is 1. The SMILES string of the molecule is Cn1cc(Cl)c(C2CC3CC(=O)CC3C2)c1C(=O)Nc1ccc(F)c(Cl)c1. The lowest BCUT2D eigenvalue weighted by atomic mass is 9.94. The zero-order chi connectivity index (χ0) is 19.3. The summed E-state index contributed by atoms with van der Waals surface area (Å²) in [5, 5.41) is 3.29. The maximum Gasteiger partial charge on any atom is 0.272 e. The summed E-state index contributed by atoms with van der Waals surface area (Å²) in [6, 6.07) is 4.06. The number of rotatable bonds is 3. The molecule has 27 heavy (non-hydrogen) atoms. The van der Waals surface area contributed by atoms with Crippen LogP contribution in [0, 0.1) is 17.7 Å². The van der Waals surface area contributed by atoms with Crippen molar-refractivity contribution in [2.75, 3.05) is 5.32 Å². The third-order valence-electron chi connectivity index (χ3n) is 5.79. The van der Waals surface area contributed by atoms with Gasteiger partial charge in [0.1, 0.15) is 17.3 Å². The van der Waals surface area contributed by atoms with Crippen LogP contribution in [0.1, 0.15) is 47.7 Å². The number of anilines is 1. The van der Waals surface area contributed by atoms with Gasteiger partial charge in [-0.05, 0) is 48.8 Å². The van der Waals surface area contributed by atoms with Gasteiger partial charge in [-0.2, -0.15) is 0 Å². The highest BCUT2D eigenvalue weighted by atomic mass is 35.5. The number of halogens is 3. The summed E-state index contributed by atoms with van der Waals surface area (Å²) in [6.07, 6.45) is 4.77. The molecule has 4 nitrogen and oxygen atoms in total. The Hall–Kier alpha value is -1.85. The molecule has 2 saturated carbocycles. The minimum absolute atomic E-state index is 0.0498. The van der Waals surface area contributed by atoms with Gasteiger partial charge in [-0.25, -0.2) is 4.39 Å². The Balaban J connectivity index is 1.60. The van der Waals surface area contributed by atoms with Crippen molar-refractivity contribution in [3.63, 3.8) is 0 Å². The summed E-state index contributed by atoms with van der Waals surface area (Å²) in [7, 11) is 1.78. The number of Topliss-reactive ketones (excluding diaryl/α,β-unsaturated/α-hetero) is 1. The number of ketones is 1. The van der Waals surface area contributed by atoms with E-state index in [4.69, 9.17) is 23.2 Å². The molecule has 0 saturated heterocycles. The van der Waals surface area contributed by atoms with Crippen LogP contribution < -0.4 is 5.32 Å². The van der Waals surface area contributed by atoms with E-state index in [0.717, 1.165) is 18.4 Å². The topological polar surface area (TPSA) is 51.1 Å². The number of amides is 1. The van der Waals surface area contributed by atoms with Crippen LogP contribution >= 0.6 is 23.2 Å². The van der Waals surface area contributed by atoms with Gasteiger partial charge >= 0.3 is 0 Å². The summed E-state index contributed by atoms with van der Waals surface area (Å²) in [6.45, 7) is 0. The fourth-order valence-corrected chi connectivity index (χ4v) is 5.23. The van der Waals surface area contributed by atoms with Gasteiger partial charge in [0, 0.05) is 37.3 Å². The largest absolute Gasteiger partial charge is 0.345 e. The molecule has 2 atom stereocenters. The Bertz CT molecular complexity index is 924. The number of aryl methyl sites for hydroxylation is 1. The van der Waals surface area contributed by atoms with Crippen LogP contribution in [0.5, 0.6) is 0 Å². The number of aromatic nitrogens is 1. The highest BCUT2D eigenvalue weighted by Crippen LogP contribution is 2.51. The molecule has 2 fully saturated rings. The quantitative estimate of drug-likeness (QED) is 0.758. The van der Waals surface area contributed by atoms with E-state index >= 15 is 0 Å². The summed E-state index contributed by atoms with van der Waals surface area (Å²) >= 11 is 12.3. The van der Waals surface area contributed by atoms with Crippen LogP contribution in [0.15, 0.2) is 24.4 Å². The van der Waals surface area contributed by atoms with Gasteiger partial charge in [0.15, 0.2) is 0 Å². The summed E-state index contributed by atoms with van der Waals surface area (Å²) in [5.74, 6) is 0.448. The normalized spacial score (nSPS) is 24.3. The standard InChI is InChI=1S/C20H19Cl2FN2O2/c1-25-9-16(22)18(12-4-10-6-14(26)7-11(10)5-12)19(25)20(27)24-13-2-3-17(23)15(21)8-13/h2-3,8-12H,4-7H2,1H3,(H,24,27). The van der Waals surface area contributed by atoms with Crippen molar-refractivity contribution in [2.24, 2.45) is 18.9 Å². The van der Waals surface area contributed by atoms with Gasteiger partial charge in [0.2, 0.25) is 0 Å². The average molecular weight is 409 g/mol. The third-order valence-corrected chi connectivity index (χ3v) is 6.38. The van der Waals surface area contributed by atoms with Gasteiger partial charge in [-0.15, -0.1) is 0 Å². The van der Waals surface area contributed by atoms with E-state index in [-0.39, 0.29) is 16.8 Å². The molecule has 0 radical (unpaired) electrons. The van der Waals surface area contributed by atoms with E-state index in [0.29, 0.717) is 46.9 Å². The molecule has 1 aromatic carbocycles. The fraction of sp³-hybridized carbons (Fsp3) is 0.400. The minimum atomic E-state index is -0.538. The predicted molar refractivity (Wildman–Crippen MR) is 103 cm³/mol. The summed E-state index contributed by atoms with van der Waals surface area (Å²) in [5.41, 5.74) is 1.76. The lowest BCUT2D eigenvalue weighted by Crippen LogP contribution is -2.18. The molecule has 0 bridgehead atoms. The first-order chi connectivity index (χ1) is 12.8. The minimum Gasteiger partial charge on any atom is -0.345 e. The first-order valence-electron chi connectivity index (χ1n) is 8.96. The second-order valence-corrected chi connectivity index (χ2v) is 8.38. The summed E-state index contributed by atoms with van der Waals surface area (Å²) < 4.78 is 15.1. The average Bonchev–Trinajstić information content (AvgIpc) is 3.21. The fourth-order valence-electron chi connectivity index (χ4n) is 4.66. The van der Waals surface area contributed by atoms with Crippen LogP contribution in [0.2, 0.25) is 10.0 Å². The molecule has 1 N–H and O–H groups in total. The van der Waals surface area contributed by atoms with Crippen molar-refractivity contribution >= 4 is 40.6 Å². The van der Waals surface area contributed by atoms with E-state index in [1.165, 1.54) is 18.2 Å². The summed E-state index contributed by atoms with van der Waals surface area (Å²) in [4.78, 5) is 24.6. The number of nitrogens with one attached hydrogen (secondary N) is 1. The predicted octanol–water partition coefficient (Wildman–Crippen LogP) is 5.20. The Kier molecular flexibility index (Phi) is 4.77. The maximum atomic E-state index is 13.3. The molecule has 2 aliphatic rings. The Labute approximate surface area is 166 Å². The number of hydrogen-bond donors (Lipinski definition) is 1. The van der Waals surface area contributed by atoms with E-state index in [2.05, 4.69) is 5.32 Å².